The van der Waals surface area contributed by atoms with Crippen LogP contribution in [0.1, 0.15) is 48.8 Å². The Kier molecular flexibility index (Phi) is 7.77. The van der Waals surface area contributed by atoms with E-state index in [0.717, 1.165) is 22.7 Å². The maximum Gasteiger partial charge on any atom is 0.273 e. The van der Waals surface area contributed by atoms with Gasteiger partial charge in [-0.05, 0) is 66.8 Å². The molecule has 0 saturated carbocycles. The molecule has 0 spiro atoms. The minimum absolute atomic E-state index is 0.0155. The minimum Gasteiger partial charge on any atom is -0.497 e. The number of hydrogen-bond acceptors (Lipinski definition) is 8. The van der Waals surface area contributed by atoms with Gasteiger partial charge in [-0.1, -0.05) is 30.3 Å². The first-order valence-corrected chi connectivity index (χ1v) is 12.4. The molecule has 0 radical (unpaired) electrons. The smallest absolute Gasteiger partial charge is 0.273 e. The summed E-state index contributed by atoms with van der Waals surface area (Å²) in [6, 6.07) is 16.5. The van der Waals surface area contributed by atoms with Crippen molar-refractivity contribution in [1.29, 1.82) is 0 Å². The molecule has 3 amide bonds. The van der Waals surface area contributed by atoms with Crippen LogP contribution < -0.4 is 26.4 Å². The van der Waals surface area contributed by atoms with Gasteiger partial charge in [-0.3, -0.25) is 19.3 Å². The lowest BCUT2D eigenvalue weighted by Crippen LogP contribution is -2.44. The van der Waals surface area contributed by atoms with Crippen molar-refractivity contribution in [2.24, 2.45) is 5.73 Å². The molecule has 0 aliphatic heterocycles. The number of furan rings is 1. The van der Waals surface area contributed by atoms with Crippen LogP contribution in [-0.4, -0.2) is 29.2 Å². The molecule has 2 heterocycles. The van der Waals surface area contributed by atoms with Crippen molar-refractivity contribution in [2.75, 3.05) is 17.7 Å². The summed E-state index contributed by atoms with van der Waals surface area (Å²) < 4.78 is 15.0. The van der Waals surface area contributed by atoms with Gasteiger partial charge in [-0.25, -0.2) is 0 Å². The number of carbonyl (C=O) groups is 3. The SMILES string of the molecule is COc1ccc(CNC(=O)[C@H](c2ccc(C)o2)N(C(=O)c2snc(C(N)=O)c2N)c2ccccc2C)cc1. The molecular weight excluding hydrogens is 506 g/mol. The summed E-state index contributed by atoms with van der Waals surface area (Å²) in [5, 5.41) is 2.91. The molecule has 2 aromatic carbocycles. The van der Waals surface area contributed by atoms with Gasteiger partial charge in [0.05, 0.1) is 12.8 Å². The first-order chi connectivity index (χ1) is 18.2. The van der Waals surface area contributed by atoms with Gasteiger partial charge in [0.1, 0.15) is 22.1 Å². The van der Waals surface area contributed by atoms with Gasteiger partial charge in [-0.2, -0.15) is 4.37 Å². The van der Waals surface area contributed by atoms with Gasteiger partial charge in [0, 0.05) is 12.2 Å². The van der Waals surface area contributed by atoms with Crippen LogP contribution in [0.3, 0.4) is 0 Å². The van der Waals surface area contributed by atoms with Crippen molar-refractivity contribution in [3.8, 4) is 5.75 Å². The molecule has 196 valence electrons. The van der Waals surface area contributed by atoms with Crippen molar-refractivity contribution in [2.45, 2.75) is 26.4 Å². The number of aryl methyl sites for hydroxylation is 2. The second-order valence-electron chi connectivity index (χ2n) is 8.52. The van der Waals surface area contributed by atoms with Crippen LogP contribution in [0.4, 0.5) is 11.4 Å². The lowest BCUT2D eigenvalue weighted by Gasteiger charge is -2.30. The Morgan fingerprint density at radius 2 is 1.79 bits per heavy atom. The number of ether oxygens (including phenoxy) is 1. The van der Waals surface area contributed by atoms with E-state index in [0.29, 0.717) is 17.2 Å². The van der Waals surface area contributed by atoms with Crippen LogP contribution in [0.2, 0.25) is 0 Å². The Morgan fingerprint density at radius 3 is 2.37 bits per heavy atom. The Labute approximate surface area is 223 Å². The Hall–Kier alpha value is -4.64. The number of carbonyl (C=O) groups excluding carboxylic acids is 3. The number of nitrogens with two attached hydrogens (primary N) is 2. The molecule has 0 saturated heterocycles. The van der Waals surface area contributed by atoms with Crippen molar-refractivity contribution >= 4 is 40.6 Å². The molecule has 0 aliphatic carbocycles. The first-order valence-electron chi connectivity index (χ1n) is 11.6. The number of amides is 3. The summed E-state index contributed by atoms with van der Waals surface area (Å²) in [5.41, 5.74) is 13.2. The van der Waals surface area contributed by atoms with Crippen LogP contribution in [0.5, 0.6) is 5.75 Å². The number of hydrogen-bond donors (Lipinski definition) is 3. The summed E-state index contributed by atoms with van der Waals surface area (Å²) in [6.07, 6.45) is 0. The lowest BCUT2D eigenvalue weighted by molar-refractivity contribution is -0.123. The Morgan fingerprint density at radius 1 is 1.08 bits per heavy atom. The average Bonchev–Trinajstić information content (AvgIpc) is 3.51. The molecule has 38 heavy (non-hydrogen) atoms. The number of nitrogen functional groups attached to an aromatic ring is 1. The second-order valence-corrected chi connectivity index (χ2v) is 9.29. The zero-order valence-electron chi connectivity index (χ0n) is 21.1. The highest BCUT2D eigenvalue weighted by molar-refractivity contribution is 7.09. The largest absolute Gasteiger partial charge is 0.497 e. The van der Waals surface area contributed by atoms with Crippen LogP contribution >= 0.6 is 11.5 Å². The number of methoxy groups -OCH3 is 1. The van der Waals surface area contributed by atoms with Crippen molar-refractivity contribution < 1.29 is 23.5 Å². The zero-order valence-corrected chi connectivity index (χ0v) is 21.9. The molecule has 5 N–H and O–H groups in total. The standard InChI is InChI=1S/C27H27N5O5S/c1-15-6-4-5-7-19(15)32(27(35)24-21(28)22(25(29)33)31-38-24)23(20-13-8-16(2)37-20)26(34)30-14-17-9-11-18(36-3)12-10-17/h4-13,23H,14,28H2,1-3H3,(H2,29,33)(H,30,34)/t23-/m0/s1. The van der Waals surface area contributed by atoms with E-state index in [1.807, 2.05) is 31.2 Å². The third-order valence-corrected chi connectivity index (χ3v) is 6.76. The fourth-order valence-electron chi connectivity index (χ4n) is 3.94. The van der Waals surface area contributed by atoms with Gasteiger partial charge in [0.2, 0.25) is 0 Å². The van der Waals surface area contributed by atoms with E-state index in [1.165, 1.54) is 4.90 Å². The summed E-state index contributed by atoms with van der Waals surface area (Å²) in [6.45, 7) is 3.76. The summed E-state index contributed by atoms with van der Waals surface area (Å²) in [5.74, 6) is -0.443. The Balaban J connectivity index is 1.78. The predicted octanol–water partition coefficient (Wildman–Crippen LogP) is 3.75. The highest BCUT2D eigenvalue weighted by Crippen LogP contribution is 2.35. The third-order valence-electron chi connectivity index (χ3n) is 5.91. The topological polar surface area (TPSA) is 154 Å². The maximum atomic E-state index is 14.1. The molecule has 10 nitrogen and oxygen atoms in total. The lowest BCUT2D eigenvalue weighted by atomic mass is 10.1. The van der Waals surface area contributed by atoms with E-state index < -0.39 is 23.8 Å². The summed E-state index contributed by atoms with van der Waals surface area (Å²) in [4.78, 5) is 40.9. The highest BCUT2D eigenvalue weighted by atomic mass is 32.1. The first kappa shape index (κ1) is 26.4. The van der Waals surface area contributed by atoms with Crippen LogP contribution in [0.25, 0.3) is 0 Å². The number of rotatable bonds is 9. The average molecular weight is 534 g/mol. The van der Waals surface area contributed by atoms with Crippen LogP contribution in [-0.2, 0) is 11.3 Å². The number of primary amides is 1. The molecule has 4 aromatic rings. The molecule has 4 rings (SSSR count). The van der Waals surface area contributed by atoms with Crippen molar-refractivity contribution in [1.82, 2.24) is 9.69 Å². The van der Waals surface area contributed by atoms with E-state index in [-0.39, 0.29) is 28.6 Å². The van der Waals surface area contributed by atoms with Gasteiger partial charge >= 0.3 is 0 Å². The number of nitrogens with zero attached hydrogens (tertiary/aromatic N) is 2. The molecule has 11 heteroatoms. The van der Waals surface area contributed by atoms with Gasteiger partial charge < -0.3 is 25.9 Å². The molecule has 0 bridgehead atoms. The third kappa shape index (κ3) is 5.37. The molecule has 0 aliphatic rings. The van der Waals surface area contributed by atoms with Crippen LogP contribution in [0.15, 0.2) is 65.1 Å². The fourth-order valence-corrected chi connectivity index (χ4v) is 4.68. The number of anilines is 2. The van der Waals surface area contributed by atoms with E-state index in [4.69, 9.17) is 20.6 Å². The van der Waals surface area contributed by atoms with Gasteiger partial charge in [-0.15, -0.1) is 0 Å². The molecule has 1 atom stereocenters. The fraction of sp³-hybridized carbons (Fsp3) is 0.185. The molecule has 0 fully saturated rings. The normalized spacial score (nSPS) is 11.6. The monoisotopic (exact) mass is 533 g/mol. The maximum absolute atomic E-state index is 14.1. The van der Waals surface area contributed by atoms with E-state index in [2.05, 4.69) is 9.69 Å². The van der Waals surface area contributed by atoms with Gasteiger partial charge in [0.25, 0.3) is 17.7 Å². The minimum atomic E-state index is -1.20. The highest BCUT2D eigenvalue weighted by Gasteiger charge is 2.38. The summed E-state index contributed by atoms with van der Waals surface area (Å²) in [7, 11) is 1.58. The van der Waals surface area contributed by atoms with Gasteiger partial charge in [0.15, 0.2) is 11.7 Å². The van der Waals surface area contributed by atoms with E-state index >= 15 is 0 Å². The molecular formula is C27H27N5O5S. The quantitative estimate of drug-likeness (QED) is 0.296. The Bertz CT molecular complexity index is 1480. The van der Waals surface area contributed by atoms with Crippen molar-refractivity contribution in [3.05, 3.63) is 93.9 Å². The zero-order chi connectivity index (χ0) is 27.4. The second kappa shape index (κ2) is 11.2. The number of para-hydroxylation sites is 1. The number of aromatic nitrogens is 1. The number of benzene rings is 2. The predicted molar refractivity (Wildman–Crippen MR) is 144 cm³/mol. The number of nitrogens with one attached hydrogen (secondary N) is 1. The van der Waals surface area contributed by atoms with Crippen LogP contribution in [0, 0.1) is 13.8 Å². The summed E-state index contributed by atoms with van der Waals surface area (Å²) >= 11 is 0.743. The molecule has 2 aromatic heterocycles. The molecule has 0 unspecified atom stereocenters. The van der Waals surface area contributed by atoms with E-state index in [9.17, 15) is 14.4 Å². The van der Waals surface area contributed by atoms with Crippen molar-refractivity contribution in [3.63, 3.8) is 0 Å². The van der Waals surface area contributed by atoms with E-state index in [1.54, 1.807) is 50.4 Å².